The van der Waals surface area contributed by atoms with Crippen LogP contribution in [-0.2, 0) is 0 Å². The number of azo groups is 1. The normalized spacial score (nSPS) is 19.7. The Morgan fingerprint density at radius 1 is 0.957 bits per heavy atom. The highest BCUT2D eigenvalue weighted by Gasteiger charge is 2.24. The molecule has 0 radical (unpaired) electrons. The van der Waals surface area contributed by atoms with Crippen molar-refractivity contribution >= 4 is 28.5 Å². The number of aromatic nitrogens is 1. The summed E-state index contributed by atoms with van der Waals surface area (Å²) in [5.74, 6) is 0.610. The molecule has 4 heteroatoms. The second-order valence-corrected chi connectivity index (χ2v) is 5.76. The second kappa shape index (κ2) is 5.32. The summed E-state index contributed by atoms with van der Waals surface area (Å²) in [5, 5.41) is 13.3. The van der Waals surface area contributed by atoms with Gasteiger partial charge in [-0.2, -0.15) is 5.11 Å². The van der Waals surface area contributed by atoms with Gasteiger partial charge in [-0.25, -0.2) is 4.98 Å². The van der Waals surface area contributed by atoms with E-state index in [1.807, 2.05) is 67.6 Å². The third-order valence-corrected chi connectivity index (χ3v) is 3.88. The first-order valence-corrected chi connectivity index (χ1v) is 7.57. The fourth-order valence-electron chi connectivity index (χ4n) is 2.65. The summed E-state index contributed by atoms with van der Waals surface area (Å²) >= 11 is 0. The van der Waals surface area contributed by atoms with Crippen molar-refractivity contribution in [2.75, 3.05) is 5.32 Å². The molecule has 0 saturated heterocycles. The maximum Gasteiger partial charge on any atom is 0.174 e. The van der Waals surface area contributed by atoms with Crippen molar-refractivity contribution in [1.82, 2.24) is 4.98 Å². The Hall–Kier alpha value is -3.01. The lowest BCUT2D eigenvalue weighted by Crippen LogP contribution is -2.31. The van der Waals surface area contributed by atoms with Crippen LogP contribution < -0.4 is 5.32 Å². The molecule has 1 aliphatic rings. The van der Waals surface area contributed by atoms with Gasteiger partial charge in [-0.15, -0.1) is 5.11 Å². The van der Waals surface area contributed by atoms with Gasteiger partial charge < -0.3 is 5.32 Å². The van der Waals surface area contributed by atoms with Crippen LogP contribution in [0.3, 0.4) is 0 Å². The Balaban J connectivity index is 1.63. The average molecular weight is 300 g/mol. The number of benzene rings is 2. The van der Waals surface area contributed by atoms with Gasteiger partial charge >= 0.3 is 0 Å². The van der Waals surface area contributed by atoms with Crippen LogP contribution in [0.15, 0.2) is 77.0 Å². The highest BCUT2D eigenvalue weighted by atomic mass is 15.3. The van der Waals surface area contributed by atoms with E-state index >= 15 is 0 Å². The van der Waals surface area contributed by atoms with Crippen LogP contribution >= 0.6 is 0 Å². The largest absolute Gasteiger partial charge is 0.356 e. The van der Waals surface area contributed by atoms with E-state index in [1.165, 1.54) is 0 Å². The molecule has 0 saturated carbocycles. The van der Waals surface area contributed by atoms with E-state index < -0.39 is 5.66 Å². The third-order valence-electron chi connectivity index (χ3n) is 3.88. The molecule has 1 unspecified atom stereocenters. The zero-order valence-corrected chi connectivity index (χ0v) is 12.8. The molecule has 0 spiro atoms. The molecule has 1 atom stereocenters. The van der Waals surface area contributed by atoms with Gasteiger partial charge in [0.2, 0.25) is 0 Å². The highest BCUT2D eigenvalue weighted by Crippen LogP contribution is 2.29. The van der Waals surface area contributed by atoms with Crippen molar-refractivity contribution in [3.8, 4) is 0 Å². The molecule has 4 nitrogen and oxygen atoms in total. The molecular weight excluding hydrogens is 284 g/mol. The number of pyridine rings is 1. The van der Waals surface area contributed by atoms with E-state index in [9.17, 15) is 0 Å². The number of anilines is 1. The SMILES string of the molecule is CC1(N=Nc2ccc3ccccc3n2)C=Cc2ccccc2N1. The smallest absolute Gasteiger partial charge is 0.174 e. The van der Waals surface area contributed by atoms with Gasteiger partial charge in [0.1, 0.15) is 0 Å². The molecule has 4 rings (SSSR count). The van der Waals surface area contributed by atoms with Crippen LogP contribution in [-0.4, -0.2) is 10.6 Å². The van der Waals surface area contributed by atoms with Gasteiger partial charge in [0, 0.05) is 11.1 Å². The zero-order chi connectivity index (χ0) is 15.7. The molecule has 1 N–H and O–H groups in total. The number of fused-ring (bicyclic) bond motifs is 2. The minimum Gasteiger partial charge on any atom is -0.356 e. The fourth-order valence-corrected chi connectivity index (χ4v) is 2.65. The Bertz CT molecular complexity index is 929. The summed E-state index contributed by atoms with van der Waals surface area (Å²) < 4.78 is 0. The van der Waals surface area contributed by atoms with E-state index in [-0.39, 0.29) is 0 Å². The van der Waals surface area contributed by atoms with E-state index in [0.717, 1.165) is 22.2 Å². The Labute approximate surface area is 134 Å². The van der Waals surface area contributed by atoms with Gasteiger partial charge in [0.15, 0.2) is 11.5 Å². The van der Waals surface area contributed by atoms with Crippen LogP contribution in [0.2, 0.25) is 0 Å². The van der Waals surface area contributed by atoms with E-state index in [0.29, 0.717) is 5.82 Å². The lowest BCUT2D eigenvalue weighted by Gasteiger charge is -2.27. The molecule has 1 aromatic heterocycles. The molecule has 3 aromatic rings. The van der Waals surface area contributed by atoms with Crippen LogP contribution in [0.4, 0.5) is 11.5 Å². The van der Waals surface area contributed by atoms with Crippen LogP contribution in [0.5, 0.6) is 0 Å². The number of nitrogens with zero attached hydrogens (tertiary/aromatic N) is 3. The number of para-hydroxylation sites is 2. The maximum atomic E-state index is 4.52. The average Bonchev–Trinajstić information content (AvgIpc) is 2.60. The predicted molar refractivity (Wildman–Crippen MR) is 93.8 cm³/mol. The molecule has 112 valence electrons. The van der Waals surface area contributed by atoms with Gasteiger partial charge in [-0.1, -0.05) is 42.5 Å². The lowest BCUT2D eigenvalue weighted by atomic mass is 10.0. The molecule has 1 aliphatic heterocycles. The number of rotatable bonds is 2. The van der Waals surface area contributed by atoms with Crippen molar-refractivity contribution in [1.29, 1.82) is 0 Å². The highest BCUT2D eigenvalue weighted by molar-refractivity contribution is 5.79. The van der Waals surface area contributed by atoms with Crippen molar-refractivity contribution in [2.24, 2.45) is 10.2 Å². The fraction of sp³-hybridized carbons (Fsp3) is 0.105. The molecule has 0 aliphatic carbocycles. The number of hydrogen-bond donors (Lipinski definition) is 1. The summed E-state index contributed by atoms with van der Waals surface area (Å²) in [4.78, 5) is 4.52. The number of hydrogen-bond acceptors (Lipinski definition) is 4. The van der Waals surface area contributed by atoms with Crippen molar-refractivity contribution < 1.29 is 0 Å². The van der Waals surface area contributed by atoms with Gasteiger partial charge in [0.25, 0.3) is 0 Å². The third kappa shape index (κ3) is 2.71. The van der Waals surface area contributed by atoms with Gasteiger partial charge in [0.05, 0.1) is 5.52 Å². The number of nitrogens with one attached hydrogen (secondary N) is 1. The summed E-state index contributed by atoms with van der Waals surface area (Å²) in [6, 6.07) is 20.0. The predicted octanol–water partition coefficient (Wildman–Crippen LogP) is 5.17. The monoisotopic (exact) mass is 300 g/mol. The molecule has 0 bridgehead atoms. The summed E-state index contributed by atoms with van der Waals surface area (Å²) in [6.07, 6.45) is 4.08. The first kappa shape index (κ1) is 13.6. The van der Waals surface area contributed by atoms with Crippen molar-refractivity contribution in [3.05, 3.63) is 72.3 Å². The standard InChI is InChI=1S/C19H16N4/c1-19(13-12-15-7-3-5-9-17(15)21-19)23-22-18-11-10-14-6-2-4-8-16(14)20-18/h2-13,21H,1H3. The maximum absolute atomic E-state index is 4.52. The first-order chi connectivity index (χ1) is 11.2. The summed E-state index contributed by atoms with van der Waals surface area (Å²) in [6.45, 7) is 1.99. The minimum absolute atomic E-state index is 0.568. The Kier molecular flexibility index (Phi) is 3.15. The molecule has 2 heterocycles. The molecule has 23 heavy (non-hydrogen) atoms. The van der Waals surface area contributed by atoms with Crippen molar-refractivity contribution in [2.45, 2.75) is 12.6 Å². The summed E-state index contributed by atoms with van der Waals surface area (Å²) in [5.41, 5.74) is 2.57. The van der Waals surface area contributed by atoms with Crippen LogP contribution in [0.1, 0.15) is 12.5 Å². The Morgan fingerprint density at radius 3 is 2.74 bits per heavy atom. The van der Waals surface area contributed by atoms with Gasteiger partial charge in [-0.05, 0) is 42.8 Å². The molecular formula is C19H16N4. The van der Waals surface area contributed by atoms with Crippen molar-refractivity contribution in [3.63, 3.8) is 0 Å². The van der Waals surface area contributed by atoms with E-state index in [1.54, 1.807) is 0 Å². The lowest BCUT2D eigenvalue weighted by molar-refractivity contribution is 0.634. The zero-order valence-electron chi connectivity index (χ0n) is 12.8. The van der Waals surface area contributed by atoms with E-state index in [4.69, 9.17) is 0 Å². The van der Waals surface area contributed by atoms with E-state index in [2.05, 4.69) is 32.7 Å². The molecule has 2 aromatic carbocycles. The minimum atomic E-state index is -0.568. The van der Waals surface area contributed by atoms with Gasteiger partial charge in [-0.3, -0.25) is 0 Å². The second-order valence-electron chi connectivity index (χ2n) is 5.76. The van der Waals surface area contributed by atoms with Crippen LogP contribution in [0.25, 0.3) is 17.0 Å². The molecule has 0 fully saturated rings. The molecule has 0 amide bonds. The first-order valence-electron chi connectivity index (χ1n) is 7.57. The Morgan fingerprint density at radius 2 is 1.78 bits per heavy atom. The topological polar surface area (TPSA) is 49.6 Å². The van der Waals surface area contributed by atoms with Crippen LogP contribution in [0, 0.1) is 0 Å². The quantitative estimate of drug-likeness (QED) is 0.663. The summed E-state index contributed by atoms with van der Waals surface area (Å²) in [7, 11) is 0.